The van der Waals surface area contributed by atoms with Crippen LogP contribution in [0.1, 0.15) is 36.8 Å². The van der Waals surface area contributed by atoms with Gasteiger partial charge in [-0.05, 0) is 37.1 Å². The number of hydrogen-bond acceptors (Lipinski definition) is 3. The van der Waals surface area contributed by atoms with Gasteiger partial charge >= 0.3 is 0 Å². The topological polar surface area (TPSA) is 39.1 Å². The first-order chi connectivity index (χ1) is 9.63. The molecule has 0 spiro atoms. The summed E-state index contributed by atoms with van der Waals surface area (Å²) in [6.07, 6.45) is 0.972. The van der Waals surface area contributed by atoms with E-state index in [1.807, 2.05) is 23.9 Å². The highest BCUT2D eigenvalue weighted by atomic mass is 16.5. The molecule has 0 radical (unpaired) electrons. The molecule has 108 valence electrons. The Hall–Kier alpha value is -1.81. The van der Waals surface area contributed by atoms with Crippen LogP contribution in [0.25, 0.3) is 0 Å². The highest BCUT2D eigenvalue weighted by Gasteiger charge is 2.08. The maximum atomic E-state index is 5.26. The molecule has 0 saturated carbocycles. The van der Waals surface area contributed by atoms with E-state index in [0.717, 1.165) is 24.4 Å². The molecule has 2 aromatic rings. The van der Waals surface area contributed by atoms with Crippen LogP contribution in [-0.4, -0.2) is 16.9 Å². The number of benzene rings is 1. The fourth-order valence-corrected chi connectivity index (χ4v) is 2.20. The third-order valence-corrected chi connectivity index (χ3v) is 3.57. The molecule has 20 heavy (non-hydrogen) atoms. The summed E-state index contributed by atoms with van der Waals surface area (Å²) >= 11 is 0. The van der Waals surface area contributed by atoms with Gasteiger partial charge in [0.05, 0.1) is 18.5 Å². The first kappa shape index (κ1) is 14.6. The first-order valence-corrected chi connectivity index (χ1v) is 7.03. The summed E-state index contributed by atoms with van der Waals surface area (Å²) in [5.74, 6) is 0.893. The lowest BCUT2D eigenvalue weighted by atomic mass is 10.1. The Morgan fingerprint density at radius 3 is 2.80 bits per heavy atom. The fourth-order valence-electron chi connectivity index (χ4n) is 2.20. The van der Waals surface area contributed by atoms with Gasteiger partial charge in [0.15, 0.2) is 0 Å². The number of hydrogen-bond donors (Lipinski definition) is 1. The summed E-state index contributed by atoms with van der Waals surface area (Å²) in [6.45, 7) is 5.09. The smallest absolute Gasteiger partial charge is 0.119 e. The highest BCUT2D eigenvalue weighted by molar-refractivity contribution is 5.30. The average molecular weight is 273 g/mol. The Balaban J connectivity index is 2.00. The quantitative estimate of drug-likeness (QED) is 0.879. The average Bonchev–Trinajstić information content (AvgIpc) is 2.85. The van der Waals surface area contributed by atoms with E-state index in [1.165, 1.54) is 11.3 Å². The second-order valence-corrected chi connectivity index (χ2v) is 4.98. The first-order valence-electron chi connectivity index (χ1n) is 7.03. The molecular formula is C16H23N3O. The van der Waals surface area contributed by atoms with Crippen LogP contribution in [0.5, 0.6) is 5.75 Å². The Morgan fingerprint density at radius 1 is 1.35 bits per heavy atom. The number of methoxy groups -OCH3 is 1. The molecule has 2 rings (SSSR count). The lowest BCUT2D eigenvalue weighted by Gasteiger charge is -2.15. The zero-order chi connectivity index (χ0) is 14.5. The van der Waals surface area contributed by atoms with E-state index in [0.29, 0.717) is 0 Å². The monoisotopic (exact) mass is 273 g/mol. The summed E-state index contributed by atoms with van der Waals surface area (Å²) in [5.41, 5.74) is 3.57. The van der Waals surface area contributed by atoms with E-state index < -0.39 is 0 Å². The van der Waals surface area contributed by atoms with Crippen molar-refractivity contribution in [2.24, 2.45) is 7.05 Å². The van der Waals surface area contributed by atoms with Gasteiger partial charge in [0.25, 0.3) is 0 Å². The van der Waals surface area contributed by atoms with Crippen LogP contribution in [0.15, 0.2) is 30.3 Å². The van der Waals surface area contributed by atoms with Gasteiger partial charge in [-0.15, -0.1) is 0 Å². The summed E-state index contributed by atoms with van der Waals surface area (Å²) in [7, 11) is 3.69. The summed E-state index contributed by atoms with van der Waals surface area (Å²) in [5, 5.41) is 7.99. The van der Waals surface area contributed by atoms with Gasteiger partial charge in [-0.2, -0.15) is 5.10 Å². The molecule has 0 saturated heterocycles. The third-order valence-electron chi connectivity index (χ3n) is 3.57. The van der Waals surface area contributed by atoms with Gasteiger partial charge in [0.2, 0.25) is 0 Å². The Morgan fingerprint density at radius 2 is 2.15 bits per heavy atom. The van der Waals surface area contributed by atoms with E-state index in [4.69, 9.17) is 4.74 Å². The molecule has 0 aliphatic heterocycles. The number of nitrogens with one attached hydrogen (secondary N) is 1. The number of aryl methyl sites for hydroxylation is 2. The van der Waals surface area contributed by atoms with Crippen molar-refractivity contribution in [3.63, 3.8) is 0 Å². The molecule has 0 fully saturated rings. The van der Waals surface area contributed by atoms with E-state index in [-0.39, 0.29) is 6.04 Å². The standard InChI is InChI=1S/C16H23N3O/c1-5-14-10-15(19(3)18-14)11-17-12(2)13-7-6-8-16(9-13)20-4/h6-10,12,17H,5,11H2,1-4H3/t12-/m1/s1. The van der Waals surface area contributed by atoms with Crippen molar-refractivity contribution in [2.45, 2.75) is 32.9 Å². The second kappa shape index (κ2) is 6.57. The van der Waals surface area contributed by atoms with Gasteiger partial charge in [0.1, 0.15) is 5.75 Å². The molecule has 0 bridgehead atoms. The molecule has 4 nitrogen and oxygen atoms in total. The fraction of sp³-hybridized carbons (Fsp3) is 0.438. The molecule has 0 amide bonds. The summed E-state index contributed by atoms with van der Waals surface area (Å²) in [6, 6.07) is 10.6. The molecule has 4 heteroatoms. The molecule has 1 N–H and O–H groups in total. The minimum Gasteiger partial charge on any atom is -0.497 e. The molecule has 1 aromatic heterocycles. The Bertz CT molecular complexity index is 563. The molecule has 0 aliphatic rings. The van der Waals surface area contributed by atoms with Crippen LogP contribution in [0.3, 0.4) is 0 Å². The van der Waals surface area contributed by atoms with Gasteiger partial charge < -0.3 is 10.1 Å². The van der Waals surface area contributed by atoms with Gasteiger partial charge in [-0.1, -0.05) is 19.1 Å². The second-order valence-electron chi connectivity index (χ2n) is 4.98. The van der Waals surface area contributed by atoms with Crippen LogP contribution in [-0.2, 0) is 20.0 Å². The van der Waals surface area contributed by atoms with Crippen LogP contribution >= 0.6 is 0 Å². The van der Waals surface area contributed by atoms with Crippen LogP contribution in [0.2, 0.25) is 0 Å². The van der Waals surface area contributed by atoms with Crippen LogP contribution in [0.4, 0.5) is 0 Å². The minimum atomic E-state index is 0.269. The van der Waals surface area contributed by atoms with E-state index in [1.54, 1.807) is 7.11 Å². The van der Waals surface area contributed by atoms with E-state index >= 15 is 0 Å². The number of rotatable bonds is 6. The van der Waals surface area contributed by atoms with Crippen molar-refractivity contribution in [1.29, 1.82) is 0 Å². The van der Waals surface area contributed by atoms with Gasteiger partial charge in [-0.3, -0.25) is 4.68 Å². The normalized spacial score (nSPS) is 12.4. The minimum absolute atomic E-state index is 0.269. The zero-order valence-electron chi connectivity index (χ0n) is 12.7. The molecule has 1 atom stereocenters. The Kier molecular flexibility index (Phi) is 4.79. The van der Waals surface area contributed by atoms with Crippen molar-refractivity contribution in [2.75, 3.05) is 7.11 Å². The summed E-state index contributed by atoms with van der Waals surface area (Å²) in [4.78, 5) is 0. The predicted molar refractivity (Wildman–Crippen MR) is 80.8 cm³/mol. The molecule has 1 aromatic carbocycles. The van der Waals surface area contributed by atoms with Crippen molar-refractivity contribution in [1.82, 2.24) is 15.1 Å². The van der Waals surface area contributed by atoms with Crippen molar-refractivity contribution in [3.05, 3.63) is 47.3 Å². The lowest BCUT2D eigenvalue weighted by molar-refractivity contribution is 0.413. The zero-order valence-corrected chi connectivity index (χ0v) is 12.7. The molecule has 0 aliphatic carbocycles. The SMILES string of the molecule is CCc1cc(CN[C@H](C)c2cccc(OC)c2)n(C)n1. The maximum absolute atomic E-state index is 5.26. The lowest BCUT2D eigenvalue weighted by Crippen LogP contribution is -2.19. The van der Waals surface area contributed by atoms with E-state index in [9.17, 15) is 0 Å². The molecule has 0 unspecified atom stereocenters. The third kappa shape index (κ3) is 3.39. The highest BCUT2D eigenvalue weighted by Crippen LogP contribution is 2.19. The Labute approximate surface area is 120 Å². The maximum Gasteiger partial charge on any atom is 0.119 e. The van der Waals surface area contributed by atoms with Crippen LogP contribution in [0, 0.1) is 0 Å². The number of aromatic nitrogens is 2. The summed E-state index contributed by atoms with van der Waals surface area (Å²) < 4.78 is 7.21. The van der Waals surface area contributed by atoms with Gasteiger partial charge in [-0.25, -0.2) is 0 Å². The van der Waals surface area contributed by atoms with Crippen LogP contribution < -0.4 is 10.1 Å². The number of ether oxygens (including phenoxy) is 1. The molecular weight excluding hydrogens is 250 g/mol. The predicted octanol–water partition coefficient (Wildman–Crippen LogP) is 2.84. The van der Waals surface area contributed by atoms with Crippen molar-refractivity contribution in [3.8, 4) is 5.75 Å². The van der Waals surface area contributed by atoms with Crippen molar-refractivity contribution < 1.29 is 4.74 Å². The van der Waals surface area contributed by atoms with Gasteiger partial charge in [0, 0.05) is 19.6 Å². The number of nitrogens with zero attached hydrogens (tertiary/aromatic N) is 2. The molecule has 1 heterocycles. The largest absolute Gasteiger partial charge is 0.497 e. The van der Waals surface area contributed by atoms with Crippen molar-refractivity contribution >= 4 is 0 Å². The van der Waals surface area contributed by atoms with E-state index in [2.05, 4.69) is 42.5 Å².